The summed E-state index contributed by atoms with van der Waals surface area (Å²) in [6.45, 7) is 5.37. The Morgan fingerprint density at radius 2 is 1.71 bits per heavy atom. The number of aromatic amines is 1. The number of H-pyrrole nitrogens is 1. The summed E-state index contributed by atoms with van der Waals surface area (Å²) in [5.74, 6) is 1.96. The lowest BCUT2D eigenvalue weighted by Gasteiger charge is -2.16. The van der Waals surface area contributed by atoms with E-state index in [1.807, 2.05) is 62.4 Å². The number of rotatable bonds is 9. The zero-order chi connectivity index (χ0) is 21.6. The minimum atomic E-state index is -0.329. The highest BCUT2D eigenvalue weighted by molar-refractivity contribution is 5.77. The van der Waals surface area contributed by atoms with E-state index in [4.69, 9.17) is 19.2 Å². The maximum absolute atomic E-state index is 13.3. The molecule has 4 aromatic rings. The van der Waals surface area contributed by atoms with Gasteiger partial charge in [-0.1, -0.05) is 24.3 Å². The van der Waals surface area contributed by atoms with Crippen LogP contribution in [0.25, 0.3) is 11.0 Å². The van der Waals surface area contributed by atoms with E-state index in [-0.39, 0.29) is 11.9 Å². The van der Waals surface area contributed by atoms with Crippen molar-refractivity contribution in [2.24, 2.45) is 0 Å². The fourth-order valence-corrected chi connectivity index (χ4v) is 3.42. The van der Waals surface area contributed by atoms with Gasteiger partial charge in [-0.25, -0.2) is 9.37 Å². The summed E-state index contributed by atoms with van der Waals surface area (Å²) in [5.41, 5.74) is 3.51. The van der Waals surface area contributed by atoms with Gasteiger partial charge in [-0.05, 0) is 61.4 Å². The molecule has 1 N–H and O–H groups in total. The van der Waals surface area contributed by atoms with Crippen molar-refractivity contribution in [1.82, 2.24) is 9.97 Å². The van der Waals surface area contributed by atoms with Crippen LogP contribution in [-0.4, -0.2) is 23.2 Å². The number of fused-ring (bicyclic) bond motifs is 1. The molecule has 0 aliphatic heterocycles. The zero-order valence-electron chi connectivity index (χ0n) is 17.6. The minimum Gasteiger partial charge on any atom is -0.494 e. The number of hydrogen-bond acceptors (Lipinski definition) is 4. The Morgan fingerprint density at radius 3 is 2.45 bits per heavy atom. The fraction of sp³-hybridized carbons (Fsp3) is 0.240. The third-order valence-corrected chi connectivity index (χ3v) is 4.84. The highest BCUT2D eigenvalue weighted by Crippen LogP contribution is 2.29. The quantitative estimate of drug-likeness (QED) is 0.371. The van der Waals surface area contributed by atoms with E-state index in [2.05, 4.69) is 4.98 Å². The SMILES string of the molecule is CCOc1ccc2[nH]c(C(OCC)c3ccc(OCc4cccc(F)c4)cc3)nc2c1. The van der Waals surface area contributed by atoms with Crippen LogP contribution >= 0.6 is 0 Å². The van der Waals surface area contributed by atoms with Gasteiger partial charge in [0.15, 0.2) is 0 Å². The number of benzene rings is 3. The number of aromatic nitrogens is 2. The number of halogens is 1. The summed E-state index contributed by atoms with van der Waals surface area (Å²) in [5, 5.41) is 0. The second-order valence-corrected chi connectivity index (χ2v) is 7.06. The maximum atomic E-state index is 13.3. The Balaban J connectivity index is 1.52. The van der Waals surface area contributed by atoms with Crippen LogP contribution in [0.2, 0.25) is 0 Å². The molecule has 1 aromatic heterocycles. The van der Waals surface area contributed by atoms with E-state index in [1.54, 1.807) is 6.07 Å². The summed E-state index contributed by atoms with van der Waals surface area (Å²) in [7, 11) is 0. The van der Waals surface area contributed by atoms with Crippen LogP contribution < -0.4 is 9.47 Å². The predicted octanol–water partition coefficient (Wildman–Crippen LogP) is 5.81. The molecule has 160 valence electrons. The largest absolute Gasteiger partial charge is 0.494 e. The molecule has 0 saturated heterocycles. The molecule has 0 bridgehead atoms. The van der Waals surface area contributed by atoms with Gasteiger partial charge in [0.05, 0.1) is 17.6 Å². The predicted molar refractivity (Wildman–Crippen MR) is 118 cm³/mol. The maximum Gasteiger partial charge on any atom is 0.141 e. The van der Waals surface area contributed by atoms with Crippen molar-refractivity contribution in [2.45, 2.75) is 26.6 Å². The van der Waals surface area contributed by atoms with E-state index in [0.29, 0.717) is 25.6 Å². The van der Waals surface area contributed by atoms with Gasteiger partial charge in [-0.2, -0.15) is 0 Å². The fourth-order valence-electron chi connectivity index (χ4n) is 3.42. The Hall–Kier alpha value is -3.38. The van der Waals surface area contributed by atoms with Crippen molar-refractivity contribution >= 4 is 11.0 Å². The van der Waals surface area contributed by atoms with Gasteiger partial charge < -0.3 is 19.2 Å². The van der Waals surface area contributed by atoms with Crippen LogP contribution in [0.5, 0.6) is 11.5 Å². The number of ether oxygens (including phenoxy) is 3. The minimum absolute atomic E-state index is 0.268. The summed E-state index contributed by atoms with van der Waals surface area (Å²) in [6, 6.07) is 19.9. The number of hydrogen-bond donors (Lipinski definition) is 1. The molecule has 0 saturated carbocycles. The third kappa shape index (κ3) is 5.03. The topological polar surface area (TPSA) is 56.4 Å². The molecule has 1 unspecified atom stereocenters. The first-order chi connectivity index (χ1) is 15.2. The second-order valence-electron chi connectivity index (χ2n) is 7.06. The summed E-state index contributed by atoms with van der Waals surface area (Å²) < 4.78 is 30.7. The number of nitrogens with one attached hydrogen (secondary N) is 1. The molecule has 0 spiro atoms. The molecule has 0 radical (unpaired) electrons. The van der Waals surface area contributed by atoms with Gasteiger partial charge >= 0.3 is 0 Å². The van der Waals surface area contributed by atoms with Crippen molar-refractivity contribution < 1.29 is 18.6 Å². The number of imidazole rings is 1. The lowest BCUT2D eigenvalue weighted by Crippen LogP contribution is -2.08. The van der Waals surface area contributed by atoms with Crippen molar-refractivity contribution in [2.75, 3.05) is 13.2 Å². The molecule has 0 amide bonds. The van der Waals surface area contributed by atoms with Gasteiger partial charge in [-0.15, -0.1) is 0 Å². The smallest absolute Gasteiger partial charge is 0.141 e. The van der Waals surface area contributed by atoms with Gasteiger partial charge in [0.2, 0.25) is 0 Å². The second kappa shape index (κ2) is 9.62. The van der Waals surface area contributed by atoms with Gasteiger partial charge in [0, 0.05) is 12.7 Å². The first kappa shape index (κ1) is 20.9. The van der Waals surface area contributed by atoms with Crippen LogP contribution in [0.4, 0.5) is 4.39 Å². The Morgan fingerprint density at radius 1 is 0.903 bits per heavy atom. The Bertz CT molecular complexity index is 1140. The summed E-state index contributed by atoms with van der Waals surface area (Å²) >= 11 is 0. The van der Waals surface area contributed by atoms with E-state index < -0.39 is 0 Å². The van der Waals surface area contributed by atoms with Crippen LogP contribution in [0, 0.1) is 5.82 Å². The molecule has 5 nitrogen and oxygen atoms in total. The van der Waals surface area contributed by atoms with Gasteiger partial charge in [0.25, 0.3) is 0 Å². The highest BCUT2D eigenvalue weighted by atomic mass is 19.1. The van der Waals surface area contributed by atoms with Crippen molar-refractivity contribution in [3.63, 3.8) is 0 Å². The average Bonchev–Trinajstić information content (AvgIpc) is 3.20. The molecule has 1 atom stereocenters. The van der Waals surface area contributed by atoms with Crippen LogP contribution in [0.1, 0.15) is 36.9 Å². The molecular weight excluding hydrogens is 395 g/mol. The lowest BCUT2D eigenvalue weighted by molar-refractivity contribution is 0.0859. The molecular formula is C25H25FN2O3. The first-order valence-corrected chi connectivity index (χ1v) is 10.4. The normalized spacial score (nSPS) is 12.1. The third-order valence-electron chi connectivity index (χ3n) is 4.84. The van der Waals surface area contributed by atoms with Gasteiger partial charge in [0.1, 0.15) is 35.9 Å². The molecule has 1 heterocycles. The van der Waals surface area contributed by atoms with Crippen molar-refractivity contribution in [1.29, 1.82) is 0 Å². The zero-order valence-corrected chi connectivity index (χ0v) is 17.6. The molecule has 0 aliphatic carbocycles. The van der Waals surface area contributed by atoms with Crippen LogP contribution in [-0.2, 0) is 11.3 Å². The standard InChI is InChI=1S/C25H25FN2O3/c1-3-29-21-12-13-22-23(15-21)28-25(27-22)24(30-4-2)18-8-10-20(11-9-18)31-16-17-6-5-7-19(26)14-17/h5-15,24H,3-4,16H2,1-2H3,(H,27,28). The molecule has 0 aliphatic rings. The highest BCUT2D eigenvalue weighted by Gasteiger charge is 2.19. The molecule has 31 heavy (non-hydrogen) atoms. The average molecular weight is 420 g/mol. The Labute approximate surface area is 180 Å². The number of nitrogens with zero attached hydrogens (tertiary/aromatic N) is 1. The summed E-state index contributed by atoms with van der Waals surface area (Å²) in [6.07, 6.45) is -0.329. The first-order valence-electron chi connectivity index (χ1n) is 10.4. The molecule has 3 aromatic carbocycles. The molecule has 0 fully saturated rings. The van der Waals surface area contributed by atoms with E-state index >= 15 is 0 Å². The molecule has 6 heteroatoms. The van der Waals surface area contributed by atoms with Gasteiger partial charge in [-0.3, -0.25) is 0 Å². The lowest BCUT2D eigenvalue weighted by atomic mass is 10.1. The van der Waals surface area contributed by atoms with Crippen LogP contribution in [0.3, 0.4) is 0 Å². The van der Waals surface area contributed by atoms with Crippen LogP contribution in [0.15, 0.2) is 66.7 Å². The van der Waals surface area contributed by atoms with Crippen molar-refractivity contribution in [3.8, 4) is 11.5 Å². The van der Waals surface area contributed by atoms with E-state index in [1.165, 1.54) is 12.1 Å². The van der Waals surface area contributed by atoms with Crippen molar-refractivity contribution in [3.05, 3.63) is 89.5 Å². The van der Waals surface area contributed by atoms with E-state index in [9.17, 15) is 4.39 Å². The van der Waals surface area contributed by atoms with E-state index in [0.717, 1.165) is 33.7 Å². The Kier molecular flexibility index (Phi) is 6.48. The monoisotopic (exact) mass is 420 g/mol. The molecule has 4 rings (SSSR count). The summed E-state index contributed by atoms with van der Waals surface area (Å²) in [4.78, 5) is 8.09.